The highest BCUT2D eigenvalue weighted by Crippen LogP contribution is 2.65. The van der Waals surface area contributed by atoms with Crippen molar-refractivity contribution in [2.45, 2.75) is 38.3 Å². The van der Waals surface area contributed by atoms with E-state index in [4.69, 9.17) is 10.5 Å². The molecule has 3 heteroatoms. The maximum atomic E-state index is 6.14. The van der Waals surface area contributed by atoms with Gasteiger partial charge in [0.05, 0.1) is 13.2 Å². The molecule has 1 aliphatic heterocycles. The lowest BCUT2D eigenvalue weighted by molar-refractivity contribution is 0.157. The smallest absolute Gasteiger partial charge is 0.0624 e. The van der Waals surface area contributed by atoms with Gasteiger partial charge in [0.1, 0.15) is 0 Å². The van der Waals surface area contributed by atoms with Crippen molar-refractivity contribution in [3.05, 3.63) is 0 Å². The Bertz CT molecular complexity index is 318. The van der Waals surface area contributed by atoms with Gasteiger partial charge < -0.3 is 15.8 Å². The third-order valence-corrected chi connectivity index (χ3v) is 6.10. The summed E-state index contributed by atoms with van der Waals surface area (Å²) in [4.78, 5) is 0. The van der Waals surface area contributed by atoms with Crippen LogP contribution in [0.15, 0.2) is 0 Å². The van der Waals surface area contributed by atoms with Gasteiger partial charge >= 0.3 is 0 Å². The maximum Gasteiger partial charge on any atom is 0.0624 e. The van der Waals surface area contributed by atoms with Crippen molar-refractivity contribution in [1.29, 1.82) is 0 Å². The van der Waals surface area contributed by atoms with Crippen LogP contribution in [0.1, 0.15) is 26.2 Å². The molecule has 4 rings (SSSR count). The van der Waals surface area contributed by atoms with E-state index in [0.717, 1.165) is 49.5 Å². The second-order valence-electron chi connectivity index (χ2n) is 7.17. The molecule has 1 heterocycles. The van der Waals surface area contributed by atoms with Crippen LogP contribution >= 0.6 is 0 Å². The van der Waals surface area contributed by atoms with Gasteiger partial charge in [0, 0.05) is 24.0 Å². The number of hydrogen-bond donors (Lipinski definition) is 2. The molecule has 4 aliphatic rings. The summed E-state index contributed by atoms with van der Waals surface area (Å²) >= 11 is 0. The molecule has 0 aromatic rings. The van der Waals surface area contributed by atoms with Gasteiger partial charge in [0.15, 0.2) is 0 Å². The molecule has 3 N–H and O–H groups in total. The first kappa shape index (κ1) is 10.8. The zero-order chi connectivity index (χ0) is 11.6. The Morgan fingerprint density at radius 2 is 2.00 bits per heavy atom. The maximum absolute atomic E-state index is 6.14. The third-order valence-electron chi connectivity index (χ3n) is 6.10. The summed E-state index contributed by atoms with van der Waals surface area (Å²) in [6.07, 6.45) is 4.54. The van der Waals surface area contributed by atoms with E-state index in [2.05, 4.69) is 12.2 Å². The van der Waals surface area contributed by atoms with E-state index in [0.29, 0.717) is 0 Å². The Hall–Kier alpha value is -0.120. The van der Waals surface area contributed by atoms with Crippen LogP contribution in [-0.2, 0) is 4.74 Å². The molecule has 3 saturated carbocycles. The van der Waals surface area contributed by atoms with E-state index in [9.17, 15) is 0 Å². The van der Waals surface area contributed by atoms with Gasteiger partial charge in [0.25, 0.3) is 0 Å². The number of nitrogens with two attached hydrogens (primary N) is 1. The van der Waals surface area contributed by atoms with Crippen molar-refractivity contribution in [3.8, 4) is 0 Å². The second kappa shape index (κ2) is 3.46. The molecule has 4 fully saturated rings. The molecule has 0 amide bonds. The first-order valence-corrected chi connectivity index (χ1v) is 7.26. The minimum Gasteiger partial charge on any atom is -0.379 e. The summed E-state index contributed by atoms with van der Waals surface area (Å²) in [5.41, 5.74) is 6.30. The molecule has 0 radical (unpaired) electrons. The van der Waals surface area contributed by atoms with Crippen molar-refractivity contribution in [2.75, 3.05) is 19.8 Å². The molecule has 17 heavy (non-hydrogen) atoms. The molecule has 0 aromatic heterocycles. The van der Waals surface area contributed by atoms with Crippen molar-refractivity contribution in [2.24, 2.45) is 34.8 Å². The number of nitrogens with one attached hydrogen (secondary N) is 1. The van der Waals surface area contributed by atoms with E-state index in [-0.39, 0.29) is 11.5 Å². The van der Waals surface area contributed by atoms with Crippen molar-refractivity contribution in [3.63, 3.8) is 0 Å². The summed E-state index contributed by atoms with van der Waals surface area (Å²) in [6, 6.07) is 1.04. The Labute approximate surface area is 103 Å². The third kappa shape index (κ3) is 1.45. The van der Waals surface area contributed by atoms with Crippen LogP contribution in [0.25, 0.3) is 0 Å². The Balaban J connectivity index is 1.35. The first-order valence-electron chi connectivity index (χ1n) is 7.26. The fourth-order valence-electron chi connectivity index (χ4n) is 4.86. The Morgan fingerprint density at radius 1 is 1.29 bits per heavy atom. The fourth-order valence-corrected chi connectivity index (χ4v) is 4.86. The zero-order valence-electron chi connectivity index (χ0n) is 10.7. The highest BCUT2D eigenvalue weighted by atomic mass is 16.5. The van der Waals surface area contributed by atoms with E-state index in [1.54, 1.807) is 0 Å². The van der Waals surface area contributed by atoms with Crippen LogP contribution in [-0.4, -0.2) is 31.8 Å². The van der Waals surface area contributed by atoms with Gasteiger partial charge in [-0.25, -0.2) is 0 Å². The summed E-state index contributed by atoms with van der Waals surface area (Å²) in [5, 5.41) is 3.81. The van der Waals surface area contributed by atoms with Gasteiger partial charge in [-0.3, -0.25) is 0 Å². The van der Waals surface area contributed by atoms with Gasteiger partial charge in [-0.1, -0.05) is 6.92 Å². The van der Waals surface area contributed by atoms with E-state index >= 15 is 0 Å². The van der Waals surface area contributed by atoms with Crippen LogP contribution in [0.5, 0.6) is 0 Å². The van der Waals surface area contributed by atoms with Gasteiger partial charge in [-0.2, -0.15) is 0 Å². The SMILES string of the molecule is CC1(CNC2C3C4CCC(C4)C23)COCC1N. The molecular weight excluding hydrogens is 212 g/mol. The van der Waals surface area contributed by atoms with E-state index in [1.807, 2.05) is 0 Å². The number of hydrogen-bond acceptors (Lipinski definition) is 3. The molecule has 3 aliphatic carbocycles. The van der Waals surface area contributed by atoms with Crippen molar-refractivity contribution in [1.82, 2.24) is 5.32 Å². The molecule has 1 saturated heterocycles. The number of rotatable bonds is 3. The quantitative estimate of drug-likeness (QED) is 0.768. The Kier molecular flexibility index (Phi) is 2.19. The largest absolute Gasteiger partial charge is 0.379 e. The lowest BCUT2D eigenvalue weighted by atomic mass is 9.85. The average Bonchev–Trinajstić information content (AvgIpc) is 2.65. The predicted molar refractivity (Wildman–Crippen MR) is 66.5 cm³/mol. The van der Waals surface area contributed by atoms with Gasteiger partial charge in [0.2, 0.25) is 0 Å². The monoisotopic (exact) mass is 236 g/mol. The zero-order valence-corrected chi connectivity index (χ0v) is 10.7. The van der Waals surface area contributed by atoms with Crippen LogP contribution < -0.4 is 11.1 Å². The Morgan fingerprint density at radius 3 is 2.59 bits per heavy atom. The summed E-state index contributed by atoms with van der Waals surface area (Å²) in [7, 11) is 0. The van der Waals surface area contributed by atoms with Gasteiger partial charge in [-0.05, 0) is 42.9 Å². The molecule has 96 valence electrons. The lowest BCUT2D eigenvalue weighted by Crippen LogP contribution is -2.46. The summed E-state index contributed by atoms with van der Waals surface area (Å²) in [6.45, 7) is 4.88. The molecule has 0 aromatic carbocycles. The van der Waals surface area contributed by atoms with Crippen LogP contribution in [0.4, 0.5) is 0 Å². The molecular formula is C14H24N2O. The molecule has 3 nitrogen and oxygen atoms in total. The van der Waals surface area contributed by atoms with E-state index < -0.39 is 0 Å². The van der Waals surface area contributed by atoms with E-state index in [1.165, 1.54) is 19.3 Å². The molecule has 6 atom stereocenters. The fraction of sp³-hybridized carbons (Fsp3) is 1.00. The standard InChI is InChI=1S/C14H24N2O/c1-14(7-17-5-10(14)15)6-16-13-11-8-2-3-9(4-8)12(11)13/h8-13,16H,2-7,15H2,1H3. The van der Waals surface area contributed by atoms with Crippen LogP contribution in [0.3, 0.4) is 0 Å². The molecule has 6 unspecified atom stereocenters. The minimum atomic E-state index is 0.163. The lowest BCUT2D eigenvalue weighted by Gasteiger charge is -2.27. The summed E-state index contributed by atoms with van der Waals surface area (Å²) < 4.78 is 5.51. The number of ether oxygens (including phenoxy) is 1. The normalized spacial score (nSPS) is 59.6. The highest BCUT2D eigenvalue weighted by Gasteiger charge is 2.64. The van der Waals surface area contributed by atoms with Crippen LogP contribution in [0.2, 0.25) is 0 Å². The highest BCUT2D eigenvalue weighted by molar-refractivity contribution is 5.17. The van der Waals surface area contributed by atoms with Crippen molar-refractivity contribution >= 4 is 0 Å². The van der Waals surface area contributed by atoms with Crippen LogP contribution in [0, 0.1) is 29.1 Å². The minimum absolute atomic E-state index is 0.163. The molecule has 0 spiro atoms. The molecule has 2 bridgehead atoms. The number of fused-ring (bicyclic) bond motifs is 5. The van der Waals surface area contributed by atoms with Gasteiger partial charge in [-0.15, -0.1) is 0 Å². The topological polar surface area (TPSA) is 47.3 Å². The predicted octanol–water partition coefficient (Wildman–Crippen LogP) is 0.984. The second-order valence-corrected chi connectivity index (χ2v) is 7.17. The summed E-state index contributed by atoms with van der Waals surface area (Å²) in [5.74, 6) is 4.17. The van der Waals surface area contributed by atoms with Crippen molar-refractivity contribution < 1.29 is 4.74 Å². The first-order chi connectivity index (χ1) is 8.19. The average molecular weight is 236 g/mol.